The van der Waals surface area contributed by atoms with E-state index in [0.717, 1.165) is 25.7 Å². The number of nitrogens with zero attached hydrogens (tertiary/aromatic N) is 2. The van der Waals surface area contributed by atoms with Gasteiger partial charge in [0.05, 0.1) is 18.1 Å². The Morgan fingerprint density at radius 2 is 1.79 bits per heavy atom. The van der Waals surface area contributed by atoms with Gasteiger partial charge in [-0.3, -0.25) is 14.4 Å². The van der Waals surface area contributed by atoms with Gasteiger partial charge in [0.2, 0.25) is 11.8 Å². The second kappa shape index (κ2) is 10.2. The van der Waals surface area contributed by atoms with Crippen LogP contribution in [0.25, 0.3) is 0 Å². The highest BCUT2D eigenvalue weighted by Gasteiger charge is 2.74. The number of ether oxygens (including phenoxy) is 2. The maximum atomic E-state index is 14.0. The third-order valence-corrected chi connectivity index (χ3v) is 7.69. The summed E-state index contributed by atoms with van der Waals surface area (Å²) in [7, 11) is 0. The lowest BCUT2D eigenvalue weighted by Gasteiger charge is -2.37. The number of carbonyl (C=O) groups excluding carboxylic acids is 3. The lowest BCUT2D eigenvalue weighted by atomic mass is 9.74. The molecule has 4 aliphatic rings. The van der Waals surface area contributed by atoms with Crippen molar-refractivity contribution in [3.05, 3.63) is 24.3 Å². The fraction of sp³-hybridized carbons (Fsp3) is 0.731. The molecule has 2 amide bonds. The van der Waals surface area contributed by atoms with E-state index in [1.54, 1.807) is 4.90 Å². The summed E-state index contributed by atoms with van der Waals surface area (Å²) >= 11 is 0. The molecular formula is C26H38N2O6. The van der Waals surface area contributed by atoms with Crippen LogP contribution in [0, 0.1) is 11.8 Å². The molecule has 0 radical (unpaired) electrons. The highest BCUT2D eigenvalue weighted by Crippen LogP contribution is 2.57. The van der Waals surface area contributed by atoms with Gasteiger partial charge in [-0.1, -0.05) is 44.1 Å². The van der Waals surface area contributed by atoms with Gasteiger partial charge in [0.25, 0.3) is 0 Å². The number of esters is 1. The van der Waals surface area contributed by atoms with Crippen molar-refractivity contribution in [3.8, 4) is 0 Å². The molecule has 1 N–H and O–H groups in total. The summed E-state index contributed by atoms with van der Waals surface area (Å²) in [5.74, 6) is -2.40. The first-order chi connectivity index (χ1) is 16.4. The highest BCUT2D eigenvalue weighted by atomic mass is 16.6. The Bertz CT molecular complexity index is 856. The predicted octanol–water partition coefficient (Wildman–Crippen LogP) is 2.21. The fourth-order valence-corrected chi connectivity index (χ4v) is 6.10. The molecule has 4 heterocycles. The van der Waals surface area contributed by atoms with Crippen LogP contribution in [-0.4, -0.2) is 82.8 Å². The van der Waals surface area contributed by atoms with Gasteiger partial charge in [-0.15, -0.1) is 0 Å². The van der Waals surface area contributed by atoms with Crippen molar-refractivity contribution >= 4 is 17.8 Å². The molecule has 188 valence electrons. The van der Waals surface area contributed by atoms with Gasteiger partial charge >= 0.3 is 5.97 Å². The summed E-state index contributed by atoms with van der Waals surface area (Å²) in [4.78, 5) is 44.5. The van der Waals surface area contributed by atoms with Crippen LogP contribution < -0.4 is 0 Å². The average molecular weight is 475 g/mol. The van der Waals surface area contributed by atoms with Crippen LogP contribution in [0.3, 0.4) is 0 Å². The number of rotatable bonds is 9. The van der Waals surface area contributed by atoms with E-state index in [-0.39, 0.29) is 25.0 Å². The van der Waals surface area contributed by atoms with Gasteiger partial charge in [-0.05, 0) is 39.0 Å². The second-order valence-corrected chi connectivity index (χ2v) is 10.1. The smallest absolute Gasteiger partial charge is 0.313 e. The molecule has 2 saturated heterocycles. The first-order valence-electron chi connectivity index (χ1n) is 12.8. The van der Waals surface area contributed by atoms with E-state index in [1.807, 2.05) is 36.1 Å². The summed E-state index contributed by atoms with van der Waals surface area (Å²) in [5.41, 5.74) is -2.24. The van der Waals surface area contributed by atoms with Crippen molar-refractivity contribution in [2.24, 2.45) is 11.8 Å². The molecule has 4 aliphatic heterocycles. The van der Waals surface area contributed by atoms with Gasteiger partial charge in [0.1, 0.15) is 17.6 Å². The van der Waals surface area contributed by atoms with Crippen molar-refractivity contribution < 1.29 is 29.0 Å². The molecule has 1 unspecified atom stereocenters. The summed E-state index contributed by atoms with van der Waals surface area (Å²) in [6.07, 6.45) is 13.3. The number of hydrogen-bond acceptors (Lipinski definition) is 6. The average Bonchev–Trinajstić information content (AvgIpc) is 3.12. The van der Waals surface area contributed by atoms with E-state index >= 15 is 0 Å². The number of aliphatic hydroxyl groups is 1. The number of likely N-dealkylation sites (tertiary alicyclic amines) is 1. The molecule has 5 atom stereocenters. The number of fused-ring (bicyclic) bond motifs is 2. The van der Waals surface area contributed by atoms with Gasteiger partial charge in [0.15, 0.2) is 0 Å². The number of unbranched alkanes of at least 4 members (excludes halogenated alkanes) is 4. The van der Waals surface area contributed by atoms with Crippen molar-refractivity contribution in [1.82, 2.24) is 9.80 Å². The molecule has 0 bridgehead atoms. The SMILES string of the molecule is CCCCCN1CC=C[C@]23O[C@]4(C)C=CCCOC(=O)[C@@H]4[C@H]2C(=O)N(CCCCCO)C3C1=O. The monoisotopic (exact) mass is 474 g/mol. The van der Waals surface area contributed by atoms with Gasteiger partial charge in [-0.25, -0.2) is 0 Å². The summed E-state index contributed by atoms with van der Waals surface area (Å²) < 4.78 is 12.2. The Morgan fingerprint density at radius 3 is 2.56 bits per heavy atom. The Morgan fingerprint density at radius 1 is 1.00 bits per heavy atom. The second-order valence-electron chi connectivity index (χ2n) is 10.1. The molecule has 0 aromatic rings. The summed E-state index contributed by atoms with van der Waals surface area (Å²) in [5, 5.41) is 9.15. The molecule has 8 nitrogen and oxygen atoms in total. The Balaban J connectivity index is 1.73. The molecule has 1 spiro atoms. The first kappa shape index (κ1) is 24.9. The lowest BCUT2D eigenvalue weighted by Crippen LogP contribution is -2.56. The Kier molecular flexibility index (Phi) is 7.48. The largest absolute Gasteiger partial charge is 0.465 e. The Labute approximate surface area is 201 Å². The molecule has 0 aromatic heterocycles. The minimum Gasteiger partial charge on any atom is -0.465 e. The first-order valence-corrected chi connectivity index (χ1v) is 12.8. The third-order valence-electron chi connectivity index (χ3n) is 7.69. The normalized spacial score (nSPS) is 34.9. The molecule has 0 aliphatic carbocycles. The standard InChI is InChI=1S/C26H38N2O6/c1-3-4-7-14-27-15-11-13-26-19(20-24(32)33-18-10-6-12-25(20,2)34-26)22(30)28(21(26)23(27)31)16-8-5-9-17-29/h6,11-13,19-21,29H,3-5,7-10,14-18H2,1-2H3/t19-,20-,21?,25+,26-/m0/s1. The quantitative estimate of drug-likeness (QED) is 0.313. The molecule has 8 heteroatoms. The van der Waals surface area contributed by atoms with E-state index < -0.39 is 35.0 Å². The van der Waals surface area contributed by atoms with Crippen LogP contribution in [-0.2, 0) is 23.9 Å². The maximum absolute atomic E-state index is 14.0. The van der Waals surface area contributed by atoms with Gasteiger partial charge < -0.3 is 24.4 Å². The summed E-state index contributed by atoms with van der Waals surface area (Å²) in [6, 6.07) is -0.814. The zero-order valence-electron chi connectivity index (χ0n) is 20.4. The maximum Gasteiger partial charge on any atom is 0.313 e. The molecular weight excluding hydrogens is 436 g/mol. The summed E-state index contributed by atoms with van der Waals surface area (Å²) in [6.45, 7) is 5.80. The van der Waals surface area contributed by atoms with Crippen LogP contribution in [0.4, 0.5) is 0 Å². The van der Waals surface area contributed by atoms with Crippen molar-refractivity contribution in [3.63, 3.8) is 0 Å². The highest BCUT2D eigenvalue weighted by molar-refractivity contribution is 5.99. The predicted molar refractivity (Wildman–Crippen MR) is 126 cm³/mol. The number of cyclic esters (lactones) is 1. The number of hydrogen-bond donors (Lipinski definition) is 1. The van der Waals surface area contributed by atoms with Crippen molar-refractivity contribution in [1.29, 1.82) is 0 Å². The van der Waals surface area contributed by atoms with Crippen LogP contribution >= 0.6 is 0 Å². The number of amides is 2. The molecule has 0 saturated carbocycles. The number of aliphatic hydroxyl groups excluding tert-OH is 1. The number of carbonyl (C=O) groups is 3. The zero-order chi connectivity index (χ0) is 24.3. The topological polar surface area (TPSA) is 96.4 Å². The van der Waals surface area contributed by atoms with Crippen LogP contribution in [0.15, 0.2) is 24.3 Å². The van der Waals surface area contributed by atoms with Crippen molar-refractivity contribution in [2.75, 3.05) is 32.8 Å². The van der Waals surface area contributed by atoms with Gasteiger partial charge in [-0.2, -0.15) is 0 Å². The third kappa shape index (κ3) is 4.19. The lowest BCUT2D eigenvalue weighted by molar-refractivity contribution is -0.160. The van der Waals surface area contributed by atoms with E-state index in [4.69, 9.17) is 14.6 Å². The van der Waals surface area contributed by atoms with E-state index in [2.05, 4.69) is 6.92 Å². The van der Waals surface area contributed by atoms with Crippen LogP contribution in [0.1, 0.15) is 58.8 Å². The van der Waals surface area contributed by atoms with Crippen molar-refractivity contribution in [2.45, 2.75) is 76.0 Å². The molecule has 34 heavy (non-hydrogen) atoms. The minimum absolute atomic E-state index is 0.0958. The zero-order valence-corrected chi connectivity index (χ0v) is 20.4. The van der Waals surface area contributed by atoms with Crippen LogP contribution in [0.2, 0.25) is 0 Å². The Hall–Kier alpha value is -2.19. The van der Waals surface area contributed by atoms with Crippen LogP contribution in [0.5, 0.6) is 0 Å². The molecule has 2 fully saturated rings. The molecule has 0 aromatic carbocycles. The molecule has 4 rings (SSSR count). The van der Waals surface area contributed by atoms with E-state index in [1.165, 1.54) is 0 Å². The minimum atomic E-state index is -1.21. The van der Waals surface area contributed by atoms with Gasteiger partial charge in [0, 0.05) is 26.2 Å². The fourth-order valence-electron chi connectivity index (χ4n) is 6.10. The van der Waals surface area contributed by atoms with E-state index in [0.29, 0.717) is 38.9 Å². The van der Waals surface area contributed by atoms with E-state index in [9.17, 15) is 14.4 Å².